The van der Waals surface area contributed by atoms with Crippen LogP contribution in [0.5, 0.6) is 0 Å². The minimum absolute atomic E-state index is 0.126. The molecule has 1 heterocycles. The third-order valence-corrected chi connectivity index (χ3v) is 5.41. The van der Waals surface area contributed by atoms with E-state index in [1.54, 1.807) is 0 Å². The fourth-order valence-electron chi connectivity index (χ4n) is 3.84. The zero-order valence-corrected chi connectivity index (χ0v) is 14.8. The van der Waals surface area contributed by atoms with Crippen LogP contribution in [-0.4, -0.2) is 54.4 Å². The van der Waals surface area contributed by atoms with E-state index >= 15 is 0 Å². The van der Waals surface area contributed by atoms with Crippen LogP contribution >= 0.6 is 0 Å². The Kier molecular flexibility index (Phi) is 7.63. The standard InChI is InChI=1S/C18H35N3O2/c1-2-11-21-12-7-16(8-13-21)14-19-17(22)20-15-18(23)9-5-3-4-6-10-18/h16,23H,2-15H2,1H3,(H2,19,20,22). The summed E-state index contributed by atoms with van der Waals surface area (Å²) in [5, 5.41) is 16.4. The highest BCUT2D eigenvalue weighted by molar-refractivity contribution is 5.73. The molecule has 1 aliphatic heterocycles. The van der Waals surface area contributed by atoms with Gasteiger partial charge in [-0.1, -0.05) is 32.6 Å². The van der Waals surface area contributed by atoms with E-state index in [1.807, 2.05) is 0 Å². The number of nitrogens with one attached hydrogen (secondary N) is 2. The second kappa shape index (κ2) is 9.48. The van der Waals surface area contributed by atoms with Crippen LogP contribution < -0.4 is 10.6 Å². The van der Waals surface area contributed by atoms with Crippen LogP contribution in [0.15, 0.2) is 0 Å². The maximum Gasteiger partial charge on any atom is 0.314 e. The number of carbonyl (C=O) groups excluding carboxylic acids is 1. The number of hydrogen-bond donors (Lipinski definition) is 3. The lowest BCUT2D eigenvalue weighted by molar-refractivity contribution is 0.0276. The molecule has 2 amide bonds. The van der Waals surface area contributed by atoms with Gasteiger partial charge in [0.2, 0.25) is 0 Å². The molecule has 0 aromatic carbocycles. The molecule has 2 rings (SSSR count). The van der Waals surface area contributed by atoms with E-state index in [0.29, 0.717) is 12.5 Å². The van der Waals surface area contributed by atoms with Gasteiger partial charge in [-0.05, 0) is 57.7 Å². The topological polar surface area (TPSA) is 64.6 Å². The van der Waals surface area contributed by atoms with Crippen molar-refractivity contribution in [1.82, 2.24) is 15.5 Å². The van der Waals surface area contributed by atoms with Crippen LogP contribution in [0.2, 0.25) is 0 Å². The first-order valence-corrected chi connectivity index (χ1v) is 9.58. The van der Waals surface area contributed by atoms with E-state index in [1.165, 1.54) is 38.6 Å². The van der Waals surface area contributed by atoms with Crippen molar-refractivity contribution in [1.29, 1.82) is 0 Å². The molecule has 0 bridgehead atoms. The number of likely N-dealkylation sites (tertiary alicyclic amines) is 1. The summed E-state index contributed by atoms with van der Waals surface area (Å²) < 4.78 is 0. The Labute approximate surface area is 141 Å². The van der Waals surface area contributed by atoms with Gasteiger partial charge in [0, 0.05) is 13.1 Å². The van der Waals surface area contributed by atoms with Crippen molar-refractivity contribution < 1.29 is 9.90 Å². The normalized spacial score (nSPS) is 23.2. The number of piperidine rings is 1. The van der Waals surface area contributed by atoms with Gasteiger partial charge in [0.1, 0.15) is 0 Å². The van der Waals surface area contributed by atoms with Crippen molar-refractivity contribution in [3.8, 4) is 0 Å². The first-order chi connectivity index (χ1) is 11.1. The lowest BCUT2D eigenvalue weighted by Gasteiger charge is -2.32. The summed E-state index contributed by atoms with van der Waals surface area (Å²) >= 11 is 0. The molecule has 134 valence electrons. The number of aliphatic hydroxyl groups is 1. The zero-order valence-electron chi connectivity index (χ0n) is 14.8. The van der Waals surface area contributed by atoms with Crippen molar-refractivity contribution in [3.63, 3.8) is 0 Å². The second-order valence-electron chi connectivity index (χ2n) is 7.49. The molecule has 0 aromatic heterocycles. The lowest BCUT2D eigenvalue weighted by Crippen LogP contribution is -2.47. The summed E-state index contributed by atoms with van der Waals surface area (Å²) in [6.45, 7) is 6.86. The Hall–Kier alpha value is -0.810. The highest BCUT2D eigenvalue weighted by atomic mass is 16.3. The number of hydrogen-bond acceptors (Lipinski definition) is 3. The third kappa shape index (κ3) is 6.68. The van der Waals surface area contributed by atoms with E-state index in [2.05, 4.69) is 22.5 Å². The first kappa shape index (κ1) is 18.5. The van der Waals surface area contributed by atoms with Gasteiger partial charge in [0.05, 0.1) is 5.60 Å². The summed E-state index contributed by atoms with van der Waals surface area (Å²) in [5.74, 6) is 0.592. The molecule has 1 saturated heterocycles. The van der Waals surface area contributed by atoms with Gasteiger partial charge in [-0.2, -0.15) is 0 Å². The summed E-state index contributed by atoms with van der Waals surface area (Å²) in [5.41, 5.74) is -0.695. The van der Waals surface area contributed by atoms with Gasteiger partial charge in [-0.3, -0.25) is 0 Å². The van der Waals surface area contributed by atoms with Gasteiger partial charge < -0.3 is 20.6 Å². The highest BCUT2D eigenvalue weighted by Gasteiger charge is 2.28. The molecule has 1 saturated carbocycles. The van der Waals surface area contributed by atoms with Crippen LogP contribution in [0.4, 0.5) is 4.79 Å². The van der Waals surface area contributed by atoms with Crippen molar-refractivity contribution in [2.75, 3.05) is 32.7 Å². The lowest BCUT2D eigenvalue weighted by atomic mass is 9.94. The third-order valence-electron chi connectivity index (χ3n) is 5.41. The molecule has 0 spiro atoms. The van der Waals surface area contributed by atoms with Crippen molar-refractivity contribution in [2.45, 2.75) is 70.3 Å². The molecule has 0 radical (unpaired) electrons. The second-order valence-corrected chi connectivity index (χ2v) is 7.49. The van der Waals surface area contributed by atoms with Crippen LogP contribution in [0.1, 0.15) is 64.7 Å². The highest BCUT2D eigenvalue weighted by Crippen LogP contribution is 2.26. The smallest absolute Gasteiger partial charge is 0.314 e. The monoisotopic (exact) mass is 325 g/mol. The molecule has 23 heavy (non-hydrogen) atoms. The van der Waals surface area contributed by atoms with Gasteiger partial charge in [-0.15, -0.1) is 0 Å². The number of nitrogens with zero attached hydrogens (tertiary/aromatic N) is 1. The molecule has 0 aromatic rings. The Bertz CT molecular complexity index is 346. The molecule has 3 N–H and O–H groups in total. The minimum atomic E-state index is -0.695. The maximum absolute atomic E-state index is 12.0. The Morgan fingerprint density at radius 3 is 2.39 bits per heavy atom. The molecule has 1 aliphatic carbocycles. The van der Waals surface area contributed by atoms with E-state index in [9.17, 15) is 9.90 Å². The van der Waals surface area contributed by atoms with Crippen molar-refractivity contribution in [2.24, 2.45) is 5.92 Å². The largest absolute Gasteiger partial charge is 0.388 e. The summed E-state index contributed by atoms with van der Waals surface area (Å²) in [4.78, 5) is 14.5. The van der Waals surface area contributed by atoms with Crippen LogP contribution in [0.25, 0.3) is 0 Å². The minimum Gasteiger partial charge on any atom is -0.388 e. The SMILES string of the molecule is CCCN1CCC(CNC(=O)NCC2(O)CCCCCC2)CC1. The summed E-state index contributed by atoms with van der Waals surface area (Å²) in [7, 11) is 0. The molecular weight excluding hydrogens is 290 g/mol. The predicted octanol–water partition coefficient (Wildman–Crippen LogP) is 2.49. The number of amides is 2. The average molecular weight is 325 g/mol. The Balaban J connectivity index is 1.60. The molecule has 5 heteroatoms. The fourth-order valence-corrected chi connectivity index (χ4v) is 3.84. The Morgan fingerprint density at radius 2 is 1.78 bits per heavy atom. The van der Waals surface area contributed by atoms with Crippen molar-refractivity contribution >= 4 is 6.03 Å². The summed E-state index contributed by atoms with van der Waals surface area (Å²) in [6, 6.07) is -0.126. The van der Waals surface area contributed by atoms with Crippen LogP contribution in [-0.2, 0) is 0 Å². The van der Waals surface area contributed by atoms with E-state index < -0.39 is 5.60 Å². The summed E-state index contributed by atoms with van der Waals surface area (Å²) in [6.07, 6.45) is 9.71. The van der Waals surface area contributed by atoms with Crippen LogP contribution in [0, 0.1) is 5.92 Å². The zero-order chi connectivity index (χ0) is 16.5. The quantitative estimate of drug-likeness (QED) is 0.657. The van der Waals surface area contributed by atoms with Gasteiger partial charge in [-0.25, -0.2) is 4.79 Å². The Morgan fingerprint density at radius 1 is 1.13 bits per heavy atom. The van der Waals surface area contributed by atoms with Gasteiger partial charge in [0.15, 0.2) is 0 Å². The van der Waals surface area contributed by atoms with E-state index in [-0.39, 0.29) is 6.03 Å². The number of carbonyl (C=O) groups is 1. The van der Waals surface area contributed by atoms with Crippen molar-refractivity contribution in [3.05, 3.63) is 0 Å². The molecule has 2 fully saturated rings. The maximum atomic E-state index is 12.0. The molecule has 0 atom stereocenters. The first-order valence-electron chi connectivity index (χ1n) is 9.58. The average Bonchev–Trinajstić information content (AvgIpc) is 2.78. The van der Waals surface area contributed by atoms with E-state index in [0.717, 1.165) is 45.3 Å². The predicted molar refractivity (Wildman–Crippen MR) is 93.5 cm³/mol. The molecule has 0 unspecified atom stereocenters. The molecular formula is C18H35N3O2. The van der Waals surface area contributed by atoms with Crippen LogP contribution in [0.3, 0.4) is 0 Å². The van der Waals surface area contributed by atoms with E-state index in [4.69, 9.17) is 0 Å². The van der Waals surface area contributed by atoms with Gasteiger partial charge >= 0.3 is 6.03 Å². The number of rotatable bonds is 6. The molecule has 5 nitrogen and oxygen atoms in total. The number of urea groups is 1. The van der Waals surface area contributed by atoms with Gasteiger partial charge in [0.25, 0.3) is 0 Å². The fraction of sp³-hybridized carbons (Fsp3) is 0.944. The molecule has 2 aliphatic rings.